The van der Waals surface area contributed by atoms with Crippen LogP contribution in [-0.2, 0) is 4.84 Å². The summed E-state index contributed by atoms with van der Waals surface area (Å²) in [5.41, 5.74) is 6.23. The molecular formula is C19H20ClN3O3. The Morgan fingerprint density at radius 1 is 1.15 bits per heavy atom. The van der Waals surface area contributed by atoms with Crippen LogP contribution >= 0.6 is 11.6 Å². The molecule has 0 spiro atoms. The molecular weight excluding hydrogens is 354 g/mol. The number of methoxy groups -OCH3 is 1. The van der Waals surface area contributed by atoms with Gasteiger partial charge < -0.3 is 14.6 Å². The van der Waals surface area contributed by atoms with Gasteiger partial charge in [-0.3, -0.25) is 9.63 Å². The number of anilines is 1. The van der Waals surface area contributed by atoms with E-state index in [4.69, 9.17) is 21.2 Å². The van der Waals surface area contributed by atoms with Gasteiger partial charge in [-0.05, 0) is 24.3 Å². The van der Waals surface area contributed by atoms with E-state index in [1.807, 2.05) is 43.3 Å². The minimum absolute atomic E-state index is 0.332. The summed E-state index contributed by atoms with van der Waals surface area (Å²) in [6.07, 6.45) is 1.63. The molecule has 0 atom stereocenters. The number of aromatic amines is 1. The molecule has 1 heterocycles. The molecule has 0 saturated heterocycles. The highest BCUT2D eigenvalue weighted by atomic mass is 35.5. The van der Waals surface area contributed by atoms with Crippen molar-refractivity contribution in [1.82, 2.24) is 10.5 Å². The Kier molecular flexibility index (Phi) is 5.06. The third-order valence-electron chi connectivity index (χ3n) is 4.20. The first-order chi connectivity index (χ1) is 12.5. The molecule has 0 aliphatic carbocycles. The summed E-state index contributed by atoms with van der Waals surface area (Å²) in [7, 11) is 6.95. The SMILES string of the molecule is CONC(=O)c1c[nH]c2cc(Cl)c(-c3ccc(N(C)C)cc3OC)cc12. The first-order valence-corrected chi connectivity index (χ1v) is 8.33. The molecule has 0 fully saturated rings. The van der Waals surface area contributed by atoms with E-state index < -0.39 is 0 Å². The standard InChI is InChI=1S/C19H20ClN3O3/c1-23(2)11-5-6-12(18(7-11)25-3)13-8-14-15(19(24)22-26-4)10-21-17(14)9-16(13)20/h5-10,21H,1-4H3,(H,22,24). The van der Waals surface area contributed by atoms with Gasteiger partial charge in [0.2, 0.25) is 0 Å². The maximum Gasteiger partial charge on any atom is 0.276 e. The summed E-state index contributed by atoms with van der Waals surface area (Å²) in [6, 6.07) is 9.59. The Bertz CT molecular complexity index is 966. The summed E-state index contributed by atoms with van der Waals surface area (Å²) in [4.78, 5) is 22.0. The lowest BCUT2D eigenvalue weighted by Crippen LogP contribution is -2.21. The largest absolute Gasteiger partial charge is 0.496 e. The molecule has 136 valence electrons. The van der Waals surface area contributed by atoms with Crippen molar-refractivity contribution in [1.29, 1.82) is 0 Å². The first kappa shape index (κ1) is 18.1. The van der Waals surface area contributed by atoms with E-state index in [1.165, 1.54) is 7.11 Å². The number of halogens is 1. The number of carbonyl (C=O) groups is 1. The maximum absolute atomic E-state index is 12.2. The fourth-order valence-electron chi connectivity index (χ4n) is 2.87. The average molecular weight is 374 g/mol. The summed E-state index contributed by atoms with van der Waals surface area (Å²) in [5.74, 6) is 0.373. The van der Waals surface area contributed by atoms with E-state index in [0.717, 1.165) is 27.7 Å². The monoisotopic (exact) mass is 373 g/mol. The van der Waals surface area contributed by atoms with E-state index in [-0.39, 0.29) is 5.91 Å². The van der Waals surface area contributed by atoms with Gasteiger partial charge in [0.25, 0.3) is 5.91 Å². The lowest BCUT2D eigenvalue weighted by Gasteiger charge is -2.17. The molecule has 0 radical (unpaired) electrons. The Morgan fingerprint density at radius 3 is 2.58 bits per heavy atom. The normalized spacial score (nSPS) is 10.8. The number of rotatable bonds is 5. The predicted octanol–water partition coefficient (Wildman–Crippen LogP) is 3.85. The molecule has 2 aromatic carbocycles. The quantitative estimate of drug-likeness (QED) is 0.666. The van der Waals surface area contributed by atoms with Gasteiger partial charge in [0, 0.05) is 54.1 Å². The van der Waals surface area contributed by atoms with Crippen LogP contribution < -0.4 is 15.1 Å². The molecule has 0 saturated carbocycles. The van der Waals surface area contributed by atoms with Crippen molar-refractivity contribution >= 4 is 34.1 Å². The highest BCUT2D eigenvalue weighted by Crippen LogP contribution is 2.39. The number of hydroxylamine groups is 1. The molecule has 0 aliphatic heterocycles. The maximum atomic E-state index is 12.2. The fraction of sp³-hybridized carbons (Fsp3) is 0.211. The molecule has 26 heavy (non-hydrogen) atoms. The Balaban J connectivity index is 2.17. The number of H-pyrrole nitrogens is 1. The third-order valence-corrected chi connectivity index (χ3v) is 4.51. The van der Waals surface area contributed by atoms with Crippen LogP contribution in [0.1, 0.15) is 10.4 Å². The van der Waals surface area contributed by atoms with Gasteiger partial charge in [-0.2, -0.15) is 0 Å². The summed E-state index contributed by atoms with van der Waals surface area (Å²) >= 11 is 6.51. The third kappa shape index (κ3) is 3.21. The molecule has 6 nitrogen and oxygen atoms in total. The van der Waals surface area contributed by atoms with Crippen LogP contribution in [0.15, 0.2) is 36.5 Å². The zero-order valence-corrected chi connectivity index (χ0v) is 15.8. The second kappa shape index (κ2) is 7.27. The van der Waals surface area contributed by atoms with Crippen molar-refractivity contribution in [3.05, 3.63) is 47.1 Å². The van der Waals surface area contributed by atoms with Gasteiger partial charge in [0.05, 0.1) is 24.8 Å². The van der Waals surface area contributed by atoms with Gasteiger partial charge in [-0.1, -0.05) is 11.6 Å². The van der Waals surface area contributed by atoms with Gasteiger partial charge in [-0.15, -0.1) is 0 Å². The van der Waals surface area contributed by atoms with Gasteiger partial charge in [-0.25, -0.2) is 5.48 Å². The molecule has 3 aromatic rings. The summed E-state index contributed by atoms with van der Waals surface area (Å²) < 4.78 is 5.56. The van der Waals surface area contributed by atoms with E-state index in [1.54, 1.807) is 19.4 Å². The molecule has 0 unspecified atom stereocenters. The number of carbonyl (C=O) groups excluding carboxylic acids is 1. The number of nitrogens with one attached hydrogen (secondary N) is 2. The second-order valence-corrected chi connectivity index (χ2v) is 6.40. The lowest BCUT2D eigenvalue weighted by atomic mass is 10.0. The van der Waals surface area contributed by atoms with E-state index in [0.29, 0.717) is 16.3 Å². The zero-order valence-electron chi connectivity index (χ0n) is 15.0. The minimum atomic E-state index is -0.332. The van der Waals surface area contributed by atoms with Crippen molar-refractivity contribution in [3.8, 4) is 16.9 Å². The number of ether oxygens (including phenoxy) is 1. The summed E-state index contributed by atoms with van der Waals surface area (Å²) in [5, 5.41) is 1.31. The molecule has 7 heteroatoms. The molecule has 3 rings (SSSR count). The summed E-state index contributed by atoms with van der Waals surface area (Å²) in [6.45, 7) is 0. The van der Waals surface area contributed by atoms with Crippen LogP contribution in [-0.4, -0.2) is 39.2 Å². The first-order valence-electron chi connectivity index (χ1n) is 7.96. The van der Waals surface area contributed by atoms with E-state index in [2.05, 4.69) is 10.5 Å². The Labute approximate surface area is 156 Å². The van der Waals surface area contributed by atoms with Gasteiger partial charge in [0.15, 0.2) is 0 Å². The Hall–Kier alpha value is -2.70. The van der Waals surface area contributed by atoms with Crippen molar-refractivity contribution in [2.75, 3.05) is 33.2 Å². The predicted molar refractivity (Wildman–Crippen MR) is 104 cm³/mol. The van der Waals surface area contributed by atoms with Crippen LogP contribution in [0, 0.1) is 0 Å². The van der Waals surface area contributed by atoms with Crippen LogP contribution in [0.2, 0.25) is 5.02 Å². The minimum Gasteiger partial charge on any atom is -0.496 e. The molecule has 0 bridgehead atoms. The number of fused-ring (bicyclic) bond motifs is 1. The lowest BCUT2D eigenvalue weighted by molar-refractivity contribution is 0.0539. The van der Waals surface area contributed by atoms with Crippen molar-refractivity contribution in [2.24, 2.45) is 0 Å². The van der Waals surface area contributed by atoms with Crippen LogP contribution in [0.3, 0.4) is 0 Å². The van der Waals surface area contributed by atoms with Gasteiger partial charge >= 0.3 is 0 Å². The van der Waals surface area contributed by atoms with Crippen molar-refractivity contribution in [3.63, 3.8) is 0 Å². The Morgan fingerprint density at radius 2 is 1.92 bits per heavy atom. The zero-order chi connectivity index (χ0) is 18.8. The highest BCUT2D eigenvalue weighted by Gasteiger charge is 2.17. The van der Waals surface area contributed by atoms with Crippen LogP contribution in [0.25, 0.3) is 22.0 Å². The fourth-order valence-corrected chi connectivity index (χ4v) is 3.13. The van der Waals surface area contributed by atoms with E-state index in [9.17, 15) is 4.79 Å². The molecule has 0 aliphatic rings. The average Bonchev–Trinajstić information content (AvgIpc) is 3.03. The molecule has 1 amide bonds. The van der Waals surface area contributed by atoms with Gasteiger partial charge in [0.1, 0.15) is 5.75 Å². The number of hydrogen-bond donors (Lipinski definition) is 2. The number of benzene rings is 2. The molecule has 1 aromatic heterocycles. The van der Waals surface area contributed by atoms with Crippen LogP contribution in [0.4, 0.5) is 5.69 Å². The number of nitrogens with zero attached hydrogens (tertiary/aromatic N) is 1. The number of hydrogen-bond acceptors (Lipinski definition) is 4. The van der Waals surface area contributed by atoms with Crippen molar-refractivity contribution in [2.45, 2.75) is 0 Å². The highest BCUT2D eigenvalue weighted by molar-refractivity contribution is 6.34. The second-order valence-electron chi connectivity index (χ2n) is 5.99. The number of aromatic nitrogens is 1. The topological polar surface area (TPSA) is 66.6 Å². The number of amides is 1. The molecule has 2 N–H and O–H groups in total. The van der Waals surface area contributed by atoms with E-state index >= 15 is 0 Å². The van der Waals surface area contributed by atoms with Crippen LogP contribution in [0.5, 0.6) is 5.75 Å². The van der Waals surface area contributed by atoms with Crippen molar-refractivity contribution < 1.29 is 14.4 Å². The smallest absolute Gasteiger partial charge is 0.276 e.